The number of nitrogens with one attached hydrogen (secondary N) is 1. The van der Waals surface area contributed by atoms with E-state index >= 15 is 0 Å². The normalized spacial score (nSPS) is 18.7. The summed E-state index contributed by atoms with van der Waals surface area (Å²) in [6.45, 7) is 1.93. The summed E-state index contributed by atoms with van der Waals surface area (Å²) < 4.78 is 7.79. The molecule has 0 aliphatic carbocycles. The van der Waals surface area contributed by atoms with Gasteiger partial charge in [0, 0.05) is 7.05 Å². The van der Waals surface area contributed by atoms with E-state index in [1.54, 1.807) is 28.9 Å². The molecule has 7 nitrogen and oxygen atoms in total. The summed E-state index contributed by atoms with van der Waals surface area (Å²) >= 11 is 0. The molecule has 2 N–H and O–H groups in total. The Morgan fingerprint density at radius 2 is 1.89 bits per heavy atom. The lowest BCUT2D eigenvalue weighted by atomic mass is 9.94. The van der Waals surface area contributed by atoms with E-state index in [0.717, 1.165) is 22.6 Å². The summed E-state index contributed by atoms with van der Waals surface area (Å²) in [4.78, 5) is 16.6. The van der Waals surface area contributed by atoms with Gasteiger partial charge in [-0.25, -0.2) is 9.48 Å². The predicted octanol–water partition coefficient (Wildman–Crippen LogP) is 3.54. The Kier molecular flexibility index (Phi) is 4.39. The van der Waals surface area contributed by atoms with Crippen molar-refractivity contribution in [2.45, 2.75) is 19.1 Å². The maximum atomic E-state index is 11.0. The van der Waals surface area contributed by atoms with Crippen LogP contribution in [0.4, 0.5) is 0 Å². The average molecular weight is 365 g/mol. The van der Waals surface area contributed by atoms with Gasteiger partial charge in [0.05, 0.1) is 22.9 Å². The van der Waals surface area contributed by atoms with Gasteiger partial charge < -0.3 is 9.84 Å². The Morgan fingerprint density at radius 3 is 2.48 bits per heavy atom. The minimum atomic E-state index is -0.951. The summed E-state index contributed by atoms with van der Waals surface area (Å²) in [6, 6.07) is 16.1. The third-order valence-corrected chi connectivity index (χ3v) is 4.59. The zero-order chi connectivity index (χ0) is 19.0. The van der Waals surface area contributed by atoms with Crippen LogP contribution in [-0.4, -0.2) is 20.9 Å². The smallest absolute Gasteiger partial charge is 0.335 e. The number of hydroxylamine groups is 1. The minimum Gasteiger partial charge on any atom is -0.478 e. The fourth-order valence-corrected chi connectivity index (χ4v) is 3.22. The molecule has 0 saturated carbocycles. The average Bonchev–Trinajstić information content (AvgIpc) is 2.90. The number of benzene rings is 2. The summed E-state index contributed by atoms with van der Waals surface area (Å²) in [7, 11) is 1.84. The van der Waals surface area contributed by atoms with Gasteiger partial charge in [0.1, 0.15) is 11.9 Å². The molecule has 0 amide bonds. The highest BCUT2D eigenvalue weighted by Gasteiger charge is 2.40. The Morgan fingerprint density at radius 1 is 1.19 bits per heavy atom. The van der Waals surface area contributed by atoms with Crippen molar-refractivity contribution in [3.8, 4) is 11.6 Å². The van der Waals surface area contributed by atoms with Gasteiger partial charge in [-0.1, -0.05) is 30.3 Å². The fraction of sp³-hybridized carbons (Fsp3) is 0.200. The number of aromatic carboxylic acids is 1. The quantitative estimate of drug-likeness (QED) is 0.719. The Labute approximate surface area is 156 Å². The number of hydrogen-bond donors (Lipinski definition) is 2. The molecule has 2 atom stereocenters. The first-order chi connectivity index (χ1) is 13.0. The molecule has 3 aromatic rings. The molecule has 1 saturated heterocycles. The van der Waals surface area contributed by atoms with Crippen LogP contribution in [0, 0.1) is 6.92 Å². The van der Waals surface area contributed by atoms with Gasteiger partial charge in [-0.15, -0.1) is 0 Å². The van der Waals surface area contributed by atoms with E-state index in [1.807, 2.05) is 44.3 Å². The topological polar surface area (TPSA) is 85.6 Å². The number of nitrogens with zero attached hydrogens (tertiary/aromatic N) is 2. The van der Waals surface area contributed by atoms with Crippen molar-refractivity contribution in [3.63, 3.8) is 0 Å². The van der Waals surface area contributed by atoms with Crippen LogP contribution in [0.1, 0.15) is 39.3 Å². The van der Waals surface area contributed by atoms with Crippen LogP contribution in [0.5, 0.6) is 11.6 Å². The van der Waals surface area contributed by atoms with Gasteiger partial charge in [0.15, 0.2) is 0 Å². The van der Waals surface area contributed by atoms with Crippen molar-refractivity contribution < 1.29 is 19.5 Å². The molecule has 2 aromatic carbocycles. The molecule has 2 unspecified atom stereocenters. The fourth-order valence-electron chi connectivity index (χ4n) is 3.22. The predicted molar refractivity (Wildman–Crippen MR) is 97.6 cm³/mol. The molecule has 2 heterocycles. The maximum Gasteiger partial charge on any atom is 0.335 e. The van der Waals surface area contributed by atoms with Gasteiger partial charge in [-0.3, -0.25) is 4.84 Å². The number of aryl methyl sites for hydroxylation is 2. The molecule has 0 spiro atoms. The number of rotatable bonds is 5. The second-order valence-electron chi connectivity index (χ2n) is 6.40. The van der Waals surface area contributed by atoms with Crippen LogP contribution < -0.4 is 10.2 Å². The number of hydrogen-bond acceptors (Lipinski definition) is 5. The highest BCUT2D eigenvalue weighted by atomic mass is 16.7. The van der Waals surface area contributed by atoms with Crippen molar-refractivity contribution >= 4 is 5.97 Å². The van der Waals surface area contributed by atoms with Crippen LogP contribution in [-0.2, 0) is 11.9 Å². The molecular formula is C20H19N3O4. The molecule has 138 valence electrons. The van der Waals surface area contributed by atoms with Crippen LogP contribution in [0.2, 0.25) is 0 Å². The molecule has 1 aliphatic rings. The highest BCUT2D eigenvalue weighted by molar-refractivity contribution is 5.87. The Bertz CT molecular complexity index is 967. The highest BCUT2D eigenvalue weighted by Crippen LogP contribution is 2.44. The number of ether oxygens (including phenoxy) is 1. The number of carboxylic acid groups (broad SMARTS) is 1. The molecule has 0 bridgehead atoms. The second kappa shape index (κ2) is 6.86. The van der Waals surface area contributed by atoms with Gasteiger partial charge in [-0.05, 0) is 36.8 Å². The number of para-hydroxylation sites is 1. The second-order valence-corrected chi connectivity index (χ2v) is 6.40. The summed E-state index contributed by atoms with van der Waals surface area (Å²) in [5.74, 6) is 0.420. The van der Waals surface area contributed by atoms with Gasteiger partial charge in [-0.2, -0.15) is 10.6 Å². The Balaban J connectivity index is 1.64. The summed E-state index contributed by atoms with van der Waals surface area (Å²) in [6.07, 6.45) is -0.256. The first kappa shape index (κ1) is 17.3. The first-order valence-corrected chi connectivity index (χ1v) is 8.55. The first-order valence-electron chi connectivity index (χ1n) is 8.55. The van der Waals surface area contributed by atoms with E-state index in [9.17, 15) is 4.79 Å². The maximum absolute atomic E-state index is 11.0. The lowest BCUT2D eigenvalue weighted by Crippen LogP contribution is -2.41. The number of carboxylic acids is 1. The van der Waals surface area contributed by atoms with Gasteiger partial charge >= 0.3 is 5.97 Å². The molecular weight excluding hydrogens is 346 g/mol. The standard InChI is InChI=1S/C20H19N3O4/c1-12-16(19(23(2)21-12)26-15-6-4-3-5-7-15)17-18(27-22-17)13-8-10-14(11-9-13)20(24)25/h3-11,17-18,22H,1-2H3,(H,24,25). The summed E-state index contributed by atoms with van der Waals surface area (Å²) in [5.41, 5.74) is 5.87. The van der Waals surface area contributed by atoms with Crippen molar-refractivity contribution in [1.29, 1.82) is 0 Å². The zero-order valence-electron chi connectivity index (χ0n) is 14.9. The van der Waals surface area contributed by atoms with Crippen molar-refractivity contribution in [2.24, 2.45) is 7.05 Å². The lowest BCUT2D eigenvalue weighted by molar-refractivity contribution is -0.176. The molecule has 1 fully saturated rings. The summed E-state index contributed by atoms with van der Waals surface area (Å²) in [5, 5.41) is 13.6. The van der Waals surface area contributed by atoms with E-state index in [2.05, 4.69) is 10.6 Å². The molecule has 1 aliphatic heterocycles. The minimum absolute atomic E-state index is 0.145. The van der Waals surface area contributed by atoms with Crippen molar-refractivity contribution in [2.75, 3.05) is 0 Å². The molecule has 1 aromatic heterocycles. The largest absolute Gasteiger partial charge is 0.478 e. The van der Waals surface area contributed by atoms with E-state index in [4.69, 9.17) is 14.7 Å². The number of aromatic nitrogens is 2. The van der Waals surface area contributed by atoms with E-state index in [-0.39, 0.29) is 17.7 Å². The molecule has 7 heteroatoms. The Hall–Kier alpha value is -3.16. The van der Waals surface area contributed by atoms with Gasteiger partial charge in [0.2, 0.25) is 5.88 Å². The SMILES string of the molecule is Cc1nn(C)c(Oc2ccccc2)c1C1NOC1c1ccc(C(=O)O)cc1. The molecule has 4 rings (SSSR count). The zero-order valence-corrected chi connectivity index (χ0v) is 14.9. The van der Waals surface area contributed by atoms with Crippen LogP contribution in [0.15, 0.2) is 54.6 Å². The molecule has 27 heavy (non-hydrogen) atoms. The monoisotopic (exact) mass is 365 g/mol. The van der Waals surface area contributed by atoms with E-state index in [1.165, 1.54) is 0 Å². The van der Waals surface area contributed by atoms with Crippen LogP contribution in [0.3, 0.4) is 0 Å². The van der Waals surface area contributed by atoms with E-state index < -0.39 is 5.97 Å². The van der Waals surface area contributed by atoms with Gasteiger partial charge in [0.25, 0.3) is 0 Å². The third kappa shape index (κ3) is 3.18. The lowest BCUT2D eigenvalue weighted by Gasteiger charge is -2.37. The van der Waals surface area contributed by atoms with Crippen molar-refractivity contribution in [1.82, 2.24) is 15.3 Å². The number of carbonyl (C=O) groups is 1. The van der Waals surface area contributed by atoms with Crippen LogP contribution >= 0.6 is 0 Å². The molecule has 0 radical (unpaired) electrons. The van der Waals surface area contributed by atoms with Crippen LogP contribution in [0.25, 0.3) is 0 Å². The third-order valence-electron chi connectivity index (χ3n) is 4.59. The van der Waals surface area contributed by atoms with Crippen molar-refractivity contribution in [3.05, 3.63) is 77.0 Å². The van der Waals surface area contributed by atoms with E-state index in [0.29, 0.717) is 5.88 Å².